The molecule has 0 atom stereocenters. The van der Waals surface area contributed by atoms with Crippen LogP contribution >= 0.6 is 22.6 Å². The highest BCUT2D eigenvalue weighted by molar-refractivity contribution is 14.1. The lowest BCUT2D eigenvalue weighted by Gasteiger charge is -2.13. The molecule has 2 rings (SSSR count). The summed E-state index contributed by atoms with van der Waals surface area (Å²) in [6.45, 7) is 4.19. The van der Waals surface area contributed by atoms with Crippen molar-refractivity contribution in [3.05, 3.63) is 56.7 Å². The van der Waals surface area contributed by atoms with E-state index in [1.807, 2.05) is 43.3 Å². The number of carbonyl (C=O) groups is 1. The van der Waals surface area contributed by atoms with E-state index in [2.05, 4.69) is 34.8 Å². The first-order valence-electron chi connectivity index (χ1n) is 9.00. The van der Waals surface area contributed by atoms with E-state index in [0.29, 0.717) is 32.9 Å². The molecule has 0 radical (unpaired) electrons. The first-order chi connectivity index (χ1) is 14.0. The van der Waals surface area contributed by atoms with Crippen LogP contribution in [-0.2, 0) is 11.2 Å². The molecule has 0 unspecified atom stereocenters. The average molecular weight is 501 g/mol. The number of hydrogen-bond acceptors (Lipinski definition) is 5. The van der Waals surface area contributed by atoms with Crippen molar-refractivity contribution in [2.45, 2.75) is 20.3 Å². The van der Waals surface area contributed by atoms with E-state index >= 15 is 0 Å². The fourth-order valence-corrected chi connectivity index (χ4v) is 3.30. The van der Waals surface area contributed by atoms with Gasteiger partial charge < -0.3 is 14.8 Å². The van der Waals surface area contributed by atoms with Crippen molar-refractivity contribution in [1.82, 2.24) is 0 Å². The van der Waals surface area contributed by atoms with Crippen LogP contribution in [0, 0.1) is 26.2 Å². The number of amides is 1. The van der Waals surface area contributed by atoms with Gasteiger partial charge in [-0.3, -0.25) is 4.79 Å². The Morgan fingerprint density at radius 1 is 1.17 bits per heavy atom. The second-order valence-electron chi connectivity index (χ2n) is 5.88. The van der Waals surface area contributed by atoms with Gasteiger partial charge in [0.25, 0.3) is 5.91 Å². The Balaban J connectivity index is 2.29. The van der Waals surface area contributed by atoms with Gasteiger partial charge in [-0.15, -0.1) is 0 Å². The number of rotatable bonds is 8. The fraction of sp³-hybridized carbons (Fsp3) is 0.227. The highest BCUT2D eigenvalue weighted by Crippen LogP contribution is 2.35. The van der Waals surface area contributed by atoms with Crippen molar-refractivity contribution in [2.75, 3.05) is 18.5 Å². The molecule has 29 heavy (non-hydrogen) atoms. The zero-order valence-corrected chi connectivity index (χ0v) is 18.3. The van der Waals surface area contributed by atoms with E-state index in [1.54, 1.807) is 12.1 Å². The summed E-state index contributed by atoms with van der Waals surface area (Å²) in [6.07, 6.45) is 2.40. The molecule has 1 N–H and O–H groups in total. The molecule has 0 spiro atoms. The van der Waals surface area contributed by atoms with Gasteiger partial charge in [0.15, 0.2) is 18.1 Å². The number of benzene rings is 2. The summed E-state index contributed by atoms with van der Waals surface area (Å²) in [5.41, 5.74) is 2.37. The van der Waals surface area contributed by atoms with Gasteiger partial charge in [-0.05, 0) is 77.4 Å². The van der Waals surface area contributed by atoms with Crippen LogP contribution in [0.1, 0.15) is 25.0 Å². The Hall–Kier alpha value is -3.04. The Morgan fingerprint density at radius 3 is 2.48 bits per heavy atom. The minimum absolute atomic E-state index is 0.0338. The second kappa shape index (κ2) is 11.1. The van der Waals surface area contributed by atoms with Crippen LogP contribution in [0.25, 0.3) is 6.08 Å². The third kappa shape index (κ3) is 6.23. The molecule has 0 aliphatic carbocycles. The maximum atomic E-state index is 12.5. The number of halogens is 1. The summed E-state index contributed by atoms with van der Waals surface area (Å²) >= 11 is 2.07. The highest BCUT2D eigenvalue weighted by Gasteiger charge is 2.14. The van der Waals surface area contributed by atoms with Crippen LogP contribution in [0.4, 0.5) is 5.69 Å². The summed E-state index contributed by atoms with van der Waals surface area (Å²) in [5.74, 6) is 0.424. The summed E-state index contributed by atoms with van der Waals surface area (Å²) < 4.78 is 11.8. The zero-order chi connectivity index (χ0) is 21.2. The third-order valence-corrected chi connectivity index (χ3v) is 4.71. The molecule has 0 heterocycles. The van der Waals surface area contributed by atoms with Gasteiger partial charge in [0.1, 0.15) is 17.7 Å². The van der Waals surface area contributed by atoms with Crippen molar-refractivity contribution >= 4 is 40.3 Å². The molecule has 2 aromatic carbocycles. The van der Waals surface area contributed by atoms with Crippen molar-refractivity contribution in [3.63, 3.8) is 0 Å². The van der Waals surface area contributed by atoms with Crippen LogP contribution in [0.3, 0.4) is 0 Å². The van der Waals surface area contributed by atoms with Gasteiger partial charge in [0, 0.05) is 5.69 Å². The number of anilines is 1. The number of nitrogens with zero attached hydrogens (tertiary/aromatic N) is 2. The molecule has 0 aromatic heterocycles. The van der Waals surface area contributed by atoms with E-state index in [1.165, 1.54) is 6.08 Å². The van der Waals surface area contributed by atoms with Gasteiger partial charge in [0.05, 0.1) is 10.2 Å². The van der Waals surface area contributed by atoms with E-state index in [0.717, 1.165) is 12.0 Å². The normalized spacial score (nSPS) is 10.6. The Labute approximate surface area is 183 Å². The van der Waals surface area contributed by atoms with Gasteiger partial charge in [-0.2, -0.15) is 10.5 Å². The van der Waals surface area contributed by atoms with Crippen molar-refractivity contribution in [2.24, 2.45) is 0 Å². The maximum absolute atomic E-state index is 12.5. The second-order valence-corrected chi connectivity index (χ2v) is 7.05. The number of aryl methyl sites for hydroxylation is 1. The average Bonchev–Trinajstić information content (AvgIpc) is 2.72. The minimum Gasteiger partial charge on any atom is -0.490 e. The topological polar surface area (TPSA) is 95.1 Å². The molecule has 2 aromatic rings. The number of carbonyl (C=O) groups excluding carboxylic acids is 1. The quantitative estimate of drug-likeness (QED) is 0.322. The molecule has 6 nitrogen and oxygen atoms in total. The van der Waals surface area contributed by atoms with Crippen LogP contribution in [0.2, 0.25) is 0 Å². The molecule has 1 amide bonds. The van der Waals surface area contributed by atoms with Gasteiger partial charge >= 0.3 is 0 Å². The number of nitriles is 2. The molecule has 148 valence electrons. The first kappa shape index (κ1) is 22.3. The molecule has 0 saturated heterocycles. The van der Waals surface area contributed by atoms with Crippen molar-refractivity contribution in [1.29, 1.82) is 10.5 Å². The van der Waals surface area contributed by atoms with Gasteiger partial charge in [-0.25, -0.2) is 0 Å². The van der Waals surface area contributed by atoms with E-state index in [9.17, 15) is 10.1 Å². The van der Waals surface area contributed by atoms with E-state index in [-0.39, 0.29) is 12.2 Å². The third-order valence-electron chi connectivity index (χ3n) is 3.91. The summed E-state index contributed by atoms with van der Waals surface area (Å²) in [6, 6.07) is 14.8. The zero-order valence-electron chi connectivity index (χ0n) is 16.2. The molecule has 0 saturated carbocycles. The predicted molar refractivity (Wildman–Crippen MR) is 119 cm³/mol. The fourth-order valence-electron chi connectivity index (χ4n) is 2.52. The van der Waals surface area contributed by atoms with Crippen LogP contribution in [0.15, 0.2) is 42.0 Å². The Morgan fingerprint density at radius 2 is 1.90 bits per heavy atom. The standard InChI is InChI=1S/C22H20IN3O3/c1-3-15-5-7-18(8-6-15)26-22(27)17(14-25)11-16-12-19(23)21(29-10-9-24)20(13-16)28-4-2/h5-8,11-13H,3-4,10H2,1-2H3,(H,26,27)/b17-11+. The smallest absolute Gasteiger partial charge is 0.266 e. The van der Waals surface area contributed by atoms with Gasteiger partial charge in [0.2, 0.25) is 0 Å². The van der Waals surface area contributed by atoms with Crippen molar-refractivity contribution < 1.29 is 14.3 Å². The van der Waals surface area contributed by atoms with E-state index in [4.69, 9.17) is 14.7 Å². The maximum Gasteiger partial charge on any atom is 0.266 e. The molecule has 0 aliphatic heterocycles. The van der Waals surface area contributed by atoms with Crippen LogP contribution < -0.4 is 14.8 Å². The number of hydrogen-bond donors (Lipinski definition) is 1. The summed E-state index contributed by atoms with van der Waals surface area (Å²) in [5, 5.41) is 20.9. The van der Waals surface area contributed by atoms with E-state index < -0.39 is 5.91 Å². The molecular formula is C22H20IN3O3. The number of ether oxygens (including phenoxy) is 2. The first-order valence-corrected chi connectivity index (χ1v) is 10.1. The predicted octanol–water partition coefficient (Wildman–Crippen LogP) is 4.70. The summed E-state index contributed by atoms with van der Waals surface area (Å²) in [4.78, 5) is 12.5. The molecule has 0 aliphatic rings. The highest BCUT2D eigenvalue weighted by atomic mass is 127. The lowest BCUT2D eigenvalue weighted by molar-refractivity contribution is -0.112. The SMILES string of the molecule is CCOc1cc(/C=C(\C#N)C(=O)Nc2ccc(CC)cc2)cc(I)c1OCC#N. The van der Waals surface area contributed by atoms with Crippen LogP contribution in [-0.4, -0.2) is 19.1 Å². The number of nitrogens with one attached hydrogen (secondary N) is 1. The summed E-state index contributed by atoms with van der Waals surface area (Å²) in [7, 11) is 0. The minimum atomic E-state index is -0.491. The monoisotopic (exact) mass is 501 g/mol. The Bertz CT molecular complexity index is 986. The Kier molecular flexibility index (Phi) is 8.50. The molecular weight excluding hydrogens is 481 g/mol. The molecule has 7 heteroatoms. The molecule has 0 fully saturated rings. The lowest BCUT2D eigenvalue weighted by Crippen LogP contribution is -2.13. The lowest BCUT2D eigenvalue weighted by atomic mass is 10.1. The largest absolute Gasteiger partial charge is 0.490 e. The van der Waals surface area contributed by atoms with Crippen molar-refractivity contribution in [3.8, 4) is 23.6 Å². The van der Waals surface area contributed by atoms with Crippen LogP contribution in [0.5, 0.6) is 11.5 Å². The molecule has 0 bridgehead atoms. The van der Waals surface area contributed by atoms with Gasteiger partial charge in [-0.1, -0.05) is 19.1 Å².